The van der Waals surface area contributed by atoms with Crippen molar-refractivity contribution in [2.45, 2.75) is 24.1 Å². The molecule has 0 unspecified atom stereocenters. The van der Waals surface area contributed by atoms with E-state index >= 15 is 0 Å². The molecule has 0 radical (unpaired) electrons. The molecular weight excluding hydrogens is 237 g/mol. The lowest BCUT2D eigenvalue weighted by atomic mass is 10.3. The fourth-order valence-electron chi connectivity index (χ4n) is 1.03. The van der Waals surface area contributed by atoms with Crippen LogP contribution >= 0.6 is 0 Å². The zero-order valence-electron chi connectivity index (χ0n) is 8.64. The van der Waals surface area contributed by atoms with Crippen molar-refractivity contribution in [3.05, 3.63) is 23.6 Å². The van der Waals surface area contributed by atoms with E-state index in [1.807, 2.05) is 0 Å². The lowest BCUT2D eigenvalue weighted by Gasteiger charge is -2.09. The molecule has 0 aliphatic rings. The van der Waals surface area contributed by atoms with Crippen LogP contribution in [0.1, 0.15) is 24.2 Å². The number of carbonyl (C=O) groups is 1. The maximum Gasteiger partial charge on any atom is 0.338 e. The van der Waals surface area contributed by atoms with Gasteiger partial charge in [-0.1, -0.05) is 0 Å². The SMILES string of the molecule is CC(C)S(=O)(=O)c1ncc(F)cc1C(=O)O. The molecule has 0 saturated carbocycles. The van der Waals surface area contributed by atoms with E-state index in [9.17, 15) is 17.6 Å². The predicted octanol–water partition coefficient (Wildman–Crippen LogP) is 1.10. The van der Waals surface area contributed by atoms with Crippen LogP contribution in [-0.4, -0.2) is 29.7 Å². The maximum absolute atomic E-state index is 12.8. The van der Waals surface area contributed by atoms with Gasteiger partial charge in [-0.25, -0.2) is 22.6 Å². The van der Waals surface area contributed by atoms with Crippen molar-refractivity contribution in [1.29, 1.82) is 0 Å². The van der Waals surface area contributed by atoms with E-state index in [1.54, 1.807) is 0 Å². The predicted molar refractivity (Wildman–Crippen MR) is 53.5 cm³/mol. The number of halogens is 1. The second-order valence-corrected chi connectivity index (χ2v) is 5.82. The zero-order valence-corrected chi connectivity index (χ0v) is 9.45. The number of carboxylic acids is 1. The Balaban J connectivity index is 3.52. The molecule has 0 aliphatic carbocycles. The van der Waals surface area contributed by atoms with Gasteiger partial charge < -0.3 is 5.11 Å². The van der Waals surface area contributed by atoms with Crippen LogP contribution in [0.5, 0.6) is 0 Å². The zero-order chi connectivity index (χ0) is 12.5. The van der Waals surface area contributed by atoms with Crippen LogP contribution in [0.2, 0.25) is 0 Å². The molecule has 0 atom stereocenters. The summed E-state index contributed by atoms with van der Waals surface area (Å²) in [4.78, 5) is 14.1. The summed E-state index contributed by atoms with van der Waals surface area (Å²) in [5.41, 5.74) is -0.645. The Bertz CT molecular complexity index is 524. The molecule has 0 saturated heterocycles. The number of aromatic nitrogens is 1. The number of sulfone groups is 1. The molecular formula is C9H10FNO4S. The van der Waals surface area contributed by atoms with E-state index in [1.165, 1.54) is 13.8 Å². The van der Waals surface area contributed by atoms with E-state index in [0.29, 0.717) is 12.3 Å². The van der Waals surface area contributed by atoms with Gasteiger partial charge >= 0.3 is 5.97 Å². The molecule has 0 aliphatic heterocycles. The Morgan fingerprint density at radius 1 is 1.50 bits per heavy atom. The number of hydrogen-bond donors (Lipinski definition) is 1. The standard InChI is InChI=1S/C9H10FNO4S/c1-5(2)16(14,15)8-7(9(12)13)3-6(10)4-11-8/h3-5H,1-2H3,(H,12,13). The van der Waals surface area contributed by atoms with Gasteiger partial charge in [0.2, 0.25) is 0 Å². The van der Waals surface area contributed by atoms with Crippen LogP contribution in [0.4, 0.5) is 4.39 Å². The van der Waals surface area contributed by atoms with Crippen LogP contribution in [0.3, 0.4) is 0 Å². The van der Waals surface area contributed by atoms with Crippen molar-refractivity contribution in [2.24, 2.45) is 0 Å². The Morgan fingerprint density at radius 2 is 2.06 bits per heavy atom. The molecule has 0 spiro atoms. The van der Waals surface area contributed by atoms with E-state index in [-0.39, 0.29) is 0 Å². The fraction of sp³-hybridized carbons (Fsp3) is 0.333. The lowest BCUT2D eigenvalue weighted by molar-refractivity contribution is 0.0691. The molecule has 0 amide bonds. The topological polar surface area (TPSA) is 84.3 Å². The van der Waals surface area contributed by atoms with Crippen LogP contribution in [0.15, 0.2) is 17.3 Å². The van der Waals surface area contributed by atoms with Crippen molar-refractivity contribution >= 4 is 15.8 Å². The summed E-state index contributed by atoms with van der Waals surface area (Å²) in [5, 5.41) is 7.35. The maximum atomic E-state index is 12.8. The van der Waals surface area contributed by atoms with E-state index in [2.05, 4.69) is 4.98 Å². The Hall–Kier alpha value is -1.50. The highest BCUT2D eigenvalue weighted by Gasteiger charge is 2.27. The summed E-state index contributed by atoms with van der Waals surface area (Å²) in [6.45, 7) is 2.79. The smallest absolute Gasteiger partial charge is 0.338 e. The number of hydrogen-bond acceptors (Lipinski definition) is 4. The van der Waals surface area contributed by atoms with Crippen molar-refractivity contribution < 1.29 is 22.7 Å². The van der Waals surface area contributed by atoms with Crippen molar-refractivity contribution in [3.8, 4) is 0 Å². The summed E-state index contributed by atoms with van der Waals surface area (Å²) in [5.74, 6) is -2.41. The van der Waals surface area contributed by atoms with Gasteiger partial charge in [-0.2, -0.15) is 0 Å². The molecule has 16 heavy (non-hydrogen) atoms. The second kappa shape index (κ2) is 4.17. The molecule has 1 N–H and O–H groups in total. The highest BCUT2D eigenvalue weighted by molar-refractivity contribution is 7.92. The third-order valence-electron chi connectivity index (χ3n) is 1.94. The molecule has 7 heteroatoms. The minimum absolute atomic E-state index is 0.601. The first-order chi connectivity index (χ1) is 7.26. The van der Waals surface area contributed by atoms with Gasteiger partial charge in [0.1, 0.15) is 5.82 Å². The third-order valence-corrected chi connectivity index (χ3v) is 4.04. The van der Waals surface area contributed by atoms with Gasteiger partial charge in [0.15, 0.2) is 14.9 Å². The molecule has 88 valence electrons. The molecule has 1 aromatic heterocycles. The average Bonchev–Trinajstić information content (AvgIpc) is 2.16. The Labute approximate surface area is 91.9 Å². The number of carboxylic acid groups (broad SMARTS) is 1. The first-order valence-corrected chi connectivity index (χ1v) is 5.94. The number of rotatable bonds is 3. The monoisotopic (exact) mass is 247 g/mol. The summed E-state index contributed by atoms with van der Waals surface area (Å²) in [6, 6.07) is 0.643. The number of pyridine rings is 1. The van der Waals surface area contributed by atoms with Crippen molar-refractivity contribution in [2.75, 3.05) is 0 Å². The van der Waals surface area contributed by atoms with E-state index in [4.69, 9.17) is 5.11 Å². The van der Waals surface area contributed by atoms with Gasteiger partial charge in [0.25, 0.3) is 0 Å². The summed E-state index contributed by atoms with van der Waals surface area (Å²) in [6.07, 6.45) is 0.682. The second-order valence-electron chi connectivity index (χ2n) is 3.41. The van der Waals surface area contributed by atoms with Crippen LogP contribution < -0.4 is 0 Å². The number of nitrogens with zero attached hydrogens (tertiary/aromatic N) is 1. The van der Waals surface area contributed by atoms with Gasteiger partial charge in [0.05, 0.1) is 17.0 Å². The molecule has 1 heterocycles. The summed E-state index contributed by atoms with van der Waals surface area (Å²) >= 11 is 0. The van der Waals surface area contributed by atoms with Crippen LogP contribution in [0, 0.1) is 5.82 Å². The normalized spacial score (nSPS) is 11.8. The minimum atomic E-state index is -3.83. The average molecular weight is 247 g/mol. The van der Waals surface area contributed by atoms with Gasteiger partial charge in [-0.3, -0.25) is 0 Å². The molecule has 0 aromatic carbocycles. The first kappa shape index (κ1) is 12.6. The third kappa shape index (κ3) is 2.19. The quantitative estimate of drug-likeness (QED) is 0.864. The van der Waals surface area contributed by atoms with E-state index < -0.39 is 37.5 Å². The molecule has 0 bridgehead atoms. The Morgan fingerprint density at radius 3 is 2.50 bits per heavy atom. The van der Waals surface area contributed by atoms with E-state index in [0.717, 1.165) is 0 Å². The number of aromatic carboxylic acids is 1. The van der Waals surface area contributed by atoms with Gasteiger partial charge in [0, 0.05) is 0 Å². The highest BCUT2D eigenvalue weighted by atomic mass is 32.2. The fourth-order valence-corrected chi connectivity index (χ4v) is 2.13. The molecule has 5 nitrogen and oxygen atoms in total. The molecule has 0 fully saturated rings. The minimum Gasteiger partial charge on any atom is -0.478 e. The first-order valence-electron chi connectivity index (χ1n) is 4.39. The summed E-state index contributed by atoms with van der Waals surface area (Å²) in [7, 11) is -3.83. The lowest BCUT2D eigenvalue weighted by Crippen LogP contribution is -2.19. The van der Waals surface area contributed by atoms with Crippen molar-refractivity contribution in [3.63, 3.8) is 0 Å². The van der Waals surface area contributed by atoms with Crippen LogP contribution in [-0.2, 0) is 9.84 Å². The van der Waals surface area contributed by atoms with Gasteiger partial charge in [-0.15, -0.1) is 0 Å². The Kier molecular flexibility index (Phi) is 3.27. The summed E-state index contributed by atoms with van der Waals surface area (Å²) < 4.78 is 36.2. The van der Waals surface area contributed by atoms with Crippen molar-refractivity contribution in [1.82, 2.24) is 4.98 Å². The van der Waals surface area contributed by atoms with Crippen LogP contribution in [0.25, 0.3) is 0 Å². The van der Waals surface area contributed by atoms with Gasteiger partial charge in [-0.05, 0) is 19.9 Å². The highest BCUT2D eigenvalue weighted by Crippen LogP contribution is 2.18. The molecule has 1 rings (SSSR count). The molecule has 1 aromatic rings. The largest absolute Gasteiger partial charge is 0.478 e.